The highest BCUT2D eigenvalue weighted by Gasteiger charge is 2.36. The fourth-order valence-electron chi connectivity index (χ4n) is 2.30. The van der Waals surface area contributed by atoms with Gasteiger partial charge in [-0.05, 0) is 31.0 Å². The molecule has 0 bridgehead atoms. The van der Waals surface area contributed by atoms with Crippen LogP contribution in [0.1, 0.15) is 28.8 Å². The van der Waals surface area contributed by atoms with Crippen LogP contribution in [0.4, 0.5) is 17.6 Å². The maximum atomic E-state index is 13.2. The maximum Gasteiger partial charge on any atom is 0.419 e. The first-order valence-corrected chi connectivity index (χ1v) is 6.61. The SMILES string of the molecule is O=C(c1ccc(F)c(C(F)(F)F)c1)N1CCCC1CCl. The number of halogens is 5. The van der Waals surface area contributed by atoms with Crippen molar-refractivity contribution in [2.75, 3.05) is 12.4 Å². The number of benzene rings is 1. The summed E-state index contributed by atoms with van der Waals surface area (Å²) < 4.78 is 51.1. The lowest BCUT2D eigenvalue weighted by Gasteiger charge is -2.23. The average Bonchev–Trinajstić information content (AvgIpc) is 2.85. The van der Waals surface area contributed by atoms with Crippen LogP contribution in [0.2, 0.25) is 0 Å². The van der Waals surface area contributed by atoms with Crippen molar-refractivity contribution in [1.82, 2.24) is 4.90 Å². The van der Waals surface area contributed by atoms with Gasteiger partial charge in [-0.3, -0.25) is 4.79 Å². The zero-order chi connectivity index (χ0) is 14.9. The Labute approximate surface area is 118 Å². The van der Waals surface area contributed by atoms with E-state index in [0.29, 0.717) is 18.7 Å². The Morgan fingerprint density at radius 3 is 2.70 bits per heavy atom. The molecule has 110 valence electrons. The lowest BCUT2D eigenvalue weighted by atomic mass is 10.1. The van der Waals surface area contributed by atoms with Gasteiger partial charge in [0.05, 0.1) is 5.56 Å². The summed E-state index contributed by atoms with van der Waals surface area (Å²) in [7, 11) is 0. The van der Waals surface area contributed by atoms with E-state index in [1.807, 2.05) is 0 Å². The van der Waals surface area contributed by atoms with Gasteiger partial charge in [0.2, 0.25) is 0 Å². The van der Waals surface area contributed by atoms with Crippen molar-refractivity contribution < 1.29 is 22.4 Å². The van der Waals surface area contributed by atoms with Gasteiger partial charge < -0.3 is 4.90 Å². The quantitative estimate of drug-likeness (QED) is 0.603. The number of alkyl halides is 4. The molecule has 1 atom stereocenters. The zero-order valence-electron chi connectivity index (χ0n) is 10.4. The van der Waals surface area contributed by atoms with E-state index < -0.39 is 23.5 Å². The Morgan fingerprint density at radius 2 is 2.10 bits per heavy atom. The van der Waals surface area contributed by atoms with Gasteiger partial charge in [0.1, 0.15) is 5.82 Å². The molecule has 0 aromatic heterocycles. The number of nitrogens with zero attached hydrogens (tertiary/aromatic N) is 1. The van der Waals surface area contributed by atoms with Crippen LogP contribution in [-0.4, -0.2) is 29.3 Å². The minimum atomic E-state index is -4.82. The van der Waals surface area contributed by atoms with Gasteiger partial charge in [-0.25, -0.2) is 4.39 Å². The van der Waals surface area contributed by atoms with E-state index in [1.54, 1.807) is 0 Å². The van der Waals surface area contributed by atoms with E-state index in [4.69, 9.17) is 11.6 Å². The van der Waals surface area contributed by atoms with E-state index in [-0.39, 0.29) is 17.5 Å². The summed E-state index contributed by atoms with van der Waals surface area (Å²) in [5, 5.41) is 0. The molecule has 1 aromatic carbocycles. The molecule has 1 heterocycles. The van der Waals surface area contributed by atoms with Crippen molar-refractivity contribution >= 4 is 17.5 Å². The highest BCUT2D eigenvalue weighted by molar-refractivity contribution is 6.18. The third kappa shape index (κ3) is 2.90. The van der Waals surface area contributed by atoms with Crippen LogP contribution in [-0.2, 0) is 6.18 Å². The van der Waals surface area contributed by atoms with Crippen molar-refractivity contribution in [1.29, 1.82) is 0 Å². The van der Waals surface area contributed by atoms with E-state index in [0.717, 1.165) is 18.9 Å². The van der Waals surface area contributed by atoms with Gasteiger partial charge in [0.15, 0.2) is 0 Å². The molecule has 0 saturated carbocycles. The summed E-state index contributed by atoms with van der Waals surface area (Å²) in [5.41, 5.74) is -1.60. The second-order valence-electron chi connectivity index (χ2n) is 4.64. The lowest BCUT2D eigenvalue weighted by Crippen LogP contribution is -2.36. The second kappa shape index (κ2) is 5.60. The molecule has 1 aromatic rings. The molecule has 0 spiro atoms. The molecule has 1 amide bonds. The van der Waals surface area contributed by atoms with Crippen LogP contribution < -0.4 is 0 Å². The second-order valence-corrected chi connectivity index (χ2v) is 4.95. The van der Waals surface area contributed by atoms with Crippen molar-refractivity contribution in [3.05, 3.63) is 35.1 Å². The number of hydrogen-bond acceptors (Lipinski definition) is 1. The molecular weight excluding hydrogens is 298 g/mol. The standard InChI is InChI=1S/C13H12ClF4NO/c14-7-9-2-1-5-19(9)12(20)8-3-4-11(15)10(6-8)13(16,17)18/h3-4,6,9H,1-2,5,7H2. The van der Waals surface area contributed by atoms with Gasteiger partial charge in [-0.15, -0.1) is 11.6 Å². The van der Waals surface area contributed by atoms with E-state index in [2.05, 4.69) is 0 Å². The highest BCUT2D eigenvalue weighted by atomic mass is 35.5. The van der Waals surface area contributed by atoms with Crippen LogP contribution in [0.15, 0.2) is 18.2 Å². The summed E-state index contributed by atoms with van der Waals surface area (Å²) in [5.74, 6) is -1.69. The Balaban J connectivity index is 2.31. The predicted octanol–water partition coefficient (Wildman–Crippen LogP) is 3.69. The summed E-state index contributed by atoms with van der Waals surface area (Å²) in [6.45, 7) is 0.453. The molecule has 2 nitrogen and oxygen atoms in total. The van der Waals surface area contributed by atoms with Crippen LogP contribution in [0, 0.1) is 5.82 Å². The lowest BCUT2D eigenvalue weighted by molar-refractivity contribution is -0.140. The fourth-order valence-corrected chi connectivity index (χ4v) is 2.63. The van der Waals surface area contributed by atoms with Gasteiger partial charge in [0, 0.05) is 24.0 Å². The smallest absolute Gasteiger partial charge is 0.334 e. The van der Waals surface area contributed by atoms with E-state index >= 15 is 0 Å². The Kier molecular flexibility index (Phi) is 4.22. The Hall–Kier alpha value is -1.30. The third-order valence-corrected chi connectivity index (χ3v) is 3.69. The van der Waals surface area contributed by atoms with Gasteiger partial charge in [0.25, 0.3) is 5.91 Å². The van der Waals surface area contributed by atoms with Crippen molar-refractivity contribution in [2.24, 2.45) is 0 Å². The molecule has 7 heteroatoms. The molecule has 0 radical (unpaired) electrons. The molecule has 1 aliphatic heterocycles. The first-order chi connectivity index (χ1) is 9.34. The number of rotatable bonds is 2. The van der Waals surface area contributed by atoms with Crippen LogP contribution in [0.3, 0.4) is 0 Å². The summed E-state index contributed by atoms with van der Waals surface area (Å²) in [6.07, 6.45) is -3.34. The molecule has 1 unspecified atom stereocenters. The number of likely N-dealkylation sites (tertiary alicyclic amines) is 1. The highest BCUT2D eigenvalue weighted by Crippen LogP contribution is 2.32. The topological polar surface area (TPSA) is 20.3 Å². The third-order valence-electron chi connectivity index (χ3n) is 3.33. The van der Waals surface area contributed by atoms with Gasteiger partial charge >= 0.3 is 6.18 Å². The van der Waals surface area contributed by atoms with E-state index in [1.165, 1.54) is 4.90 Å². The zero-order valence-corrected chi connectivity index (χ0v) is 11.1. The van der Waals surface area contributed by atoms with Crippen molar-refractivity contribution in [2.45, 2.75) is 25.1 Å². The van der Waals surface area contributed by atoms with Crippen molar-refractivity contribution in [3.8, 4) is 0 Å². The maximum absolute atomic E-state index is 13.2. The van der Waals surface area contributed by atoms with Gasteiger partial charge in [-0.2, -0.15) is 13.2 Å². The minimum Gasteiger partial charge on any atom is -0.334 e. The number of amides is 1. The summed E-state index contributed by atoms with van der Waals surface area (Å²) >= 11 is 5.73. The Bertz CT molecular complexity index is 518. The fraction of sp³-hybridized carbons (Fsp3) is 0.462. The molecular formula is C13H12ClF4NO. The molecule has 20 heavy (non-hydrogen) atoms. The minimum absolute atomic E-state index is 0.171. The summed E-state index contributed by atoms with van der Waals surface area (Å²) in [6, 6.07) is 2.11. The molecule has 2 rings (SSSR count). The molecule has 1 saturated heterocycles. The Morgan fingerprint density at radius 1 is 1.40 bits per heavy atom. The normalized spacial score (nSPS) is 19.4. The van der Waals surface area contributed by atoms with Gasteiger partial charge in [-0.1, -0.05) is 0 Å². The van der Waals surface area contributed by atoms with Crippen molar-refractivity contribution in [3.63, 3.8) is 0 Å². The van der Waals surface area contributed by atoms with Crippen LogP contribution >= 0.6 is 11.6 Å². The van der Waals surface area contributed by atoms with Crippen LogP contribution in [0.5, 0.6) is 0 Å². The van der Waals surface area contributed by atoms with E-state index in [9.17, 15) is 22.4 Å². The molecule has 0 aliphatic carbocycles. The number of carbonyl (C=O) groups excluding carboxylic acids is 1. The first kappa shape index (κ1) is 15.1. The molecule has 1 fully saturated rings. The largest absolute Gasteiger partial charge is 0.419 e. The number of carbonyl (C=O) groups is 1. The molecule has 1 aliphatic rings. The summed E-state index contributed by atoms with van der Waals surface area (Å²) in [4.78, 5) is 13.6. The molecule has 0 N–H and O–H groups in total. The van der Waals surface area contributed by atoms with Crippen LogP contribution in [0.25, 0.3) is 0 Å². The monoisotopic (exact) mass is 309 g/mol. The number of hydrogen-bond donors (Lipinski definition) is 0. The average molecular weight is 310 g/mol. The predicted molar refractivity (Wildman–Crippen MR) is 66.2 cm³/mol. The first-order valence-electron chi connectivity index (χ1n) is 6.08.